The molecule has 0 amide bonds. The number of nitrogens with zero attached hydrogens (tertiary/aromatic N) is 1. The van der Waals surface area contributed by atoms with Crippen LogP contribution in [-0.2, 0) is 23.8 Å². The molecule has 3 unspecified atom stereocenters. The van der Waals surface area contributed by atoms with Crippen molar-refractivity contribution in [2.24, 2.45) is 5.16 Å². The number of ether oxygens (including phenoxy) is 3. The van der Waals surface area contributed by atoms with Crippen molar-refractivity contribution in [2.75, 3.05) is 6.61 Å². The molecule has 7 nitrogen and oxygen atoms in total. The predicted octanol–water partition coefficient (Wildman–Crippen LogP) is 1.84. The topological polar surface area (TPSA) is 94.4 Å². The molecule has 23 heavy (non-hydrogen) atoms. The van der Waals surface area contributed by atoms with Gasteiger partial charge in [0.25, 0.3) is 0 Å². The maximum absolute atomic E-state index is 11.3. The molecular formula is C16H19NO6. The normalized spacial score (nSPS) is 25.8. The molecule has 0 bridgehead atoms. The van der Waals surface area contributed by atoms with Crippen LogP contribution in [0, 0.1) is 0 Å². The number of benzene rings is 1. The Kier molecular flexibility index (Phi) is 5.70. The third kappa shape index (κ3) is 4.53. The summed E-state index contributed by atoms with van der Waals surface area (Å²) in [4.78, 5) is 22.3. The van der Waals surface area contributed by atoms with Gasteiger partial charge in [0.1, 0.15) is 18.4 Å². The molecule has 1 aliphatic heterocycles. The van der Waals surface area contributed by atoms with Crippen molar-refractivity contribution >= 4 is 17.7 Å². The van der Waals surface area contributed by atoms with Crippen LogP contribution in [0.4, 0.5) is 0 Å². The van der Waals surface area contributed by atoms with Crippen molar-refractivity contribution in [3.63, 3.8) is 0 Å². The van der Waals surface area contributed by atoms with E-state index in [4.69, 9.17) is 14.2 Å². The van der Waals surface area contributed by atoms with E-state index in [-0.39, 0.29) is 24.8 Å². The van der Waals surface area contributed by atoms with Crippen molar-refractivity contribution in [1.82, 2.24) is 0 Å². The Morgan fingerprint density at radius 2 is 1.96 bits per heavy atom. The number of carbonyl (C=O) groups excluding carboxylic acids is 2. The van der Waals surface area contributed by atoms with Gasteiger partial charge in [0.05, 0.1) is 6.10 Å². The van der Waals surface area contributed by atoms with Crippen molar-refractivity contribution in [3.05, 3.63) is 35.9 Å². The van der Waals surface area contributed by atoms with Gasteiger partial charge in [0.2, 0.25) is 0 Å². The fraction of sp³-hybridized carbons (Fsp3) is 0.438. The van der Waals surface area contributed by atoms with Crippen LogP contribution in [0.5, 0.6) is 0 Å². The Balaban J connectivity index is 2.23. The first kappa shape index (κ1) is 17.0. The predicted molar refractivity (Wildman–Crippen MR) is 80.1 cm³/mol. The molecule has 124 valence electrons. The number of esters is 2. The first-order valence-corrected chi connectivity index (χ1v) is 7.23. The molecule has 1 aromatic carbocycles. The number of oxime groups is 1. The van der Waals surface area contributed by atoms with Crippen LogP contribution in [0.15, 0.2) is 35.5 Å². The second-order valence-electron chi connectivity index (χ2n) is 5.20. The summed E-state index contributed by atoms with van der Waals surface area (Å²) in [5.41, 5.74) is 1.17. The Bertz CT molecular complexity index is 585. The zero-order valence-corrected chi connectivity index (χ0v) is 13.0. The fourth-order valence-corrected chi connectivity index (χ4v) is 2.46. The molecule has 1 aliphatic rings. The second kappa shape index (κ2) is 7.73. The second-order valence-corrected chi connectivity index (χ2v) is 5.20. The van der Waals surface area contributed by atoms with Crippen LogP contribution in [0.3, 0.4) is 0 Å². The van der Waals surface area contributed by atoms with Gasteiger partial charge < -0.3 is 19.4 Å². The quantitative estimate of drug-likeness (QED) is 0.516. The van der Waals surface area contributed by atoms with E-state index in [0.29, 0.717) is 0 Å². The number of rotatable bonds is 4. The summed E-state index contributed by atoms with van der Waals surface area (Å²) in [5.74, 6) is -1.01. The SMILES string of the molecule is CC(=O)OCC1OC(c2ccccc2)C/C(=N/O)C1OC(C)=O. The maximum Gasteiger partial charge on any atom is 0.303 e. The Labute approximate surface area is 133 Å². The minimum absolute atomic E-state index is 0.102. The standard InChI is InChI=1S/C16H19NO6/c1-10(18)21-9-15-16(22-11(2)19)13(17-20)8-14(23-15)12-6-4-3-5-7-12/h3-7,14-16,20H,8-9H2,1-2H3/b17-13-. The van der Waals surface area contributed by atoms with Gasteiger partial charge in [-0.1, -0.05) is 35.5 Å². The zero-order valence-electron chi connectivity index (χ0n) is 13.0. The third-order valence-electron chi connectivity index (χ3n) is 3.44. The highest BCUT2D eigenvalue weighted by atomic mass is 16.6. The lowest BCUT2D eigenvalue weighted by molar-refractivity contribution is -0.165. The molecule has 2 rings (SSSR count). The van der Waals surface area contributed by atoms with Crippen LogP contribution in [0.1, 0.15) is 31.9 Å². The lowest BCUT2D eigenvalue weighted by Gasteiger charge is -2.36. The van der Waals surface area contributed by atoms with E-state index in [1.807, 2.05) is 30.3 Å². The van der Waals surface area contributed by atoms with Crippen LogP contribution in [0.25, 0.3) is 0 Å². The van der Waals surface area contributed by atoms with Gasteiger partial charge in [0.15, 0.2) is 6.10 Å². The lowest BCUT2D eigenvalue weighted by Crippen LogP contribution is -2.48. The molecule has 1 N–H and O–H groups in total. The molecule has 1 aromatic rings. The van der Waals surface area contributed by atoms with Gasteiger partial charge in [-0.25, -0.2) is 0 Å². The molecule has 7 heteroatoms. The third-order valence-corrected chi connectivity index (χ3v) is 3.44. The minimum Gasteiger partial charge on any atom is -0.463 e. The highest BCUT2D eigenvalue weighted by molar-refractivity contribution is 5.91. The summed E-state index contributed by atoms with van der Waals surface area (Å²) >= 11 is 0. The van der Waals surface area contributed by atoms with Gasteiger partial charge in [0, 0.05) is 20.3 Å². The largest absolute Gasteiger partial charge is 0.463 e. The first-order valence-electron chi connectivity index (χ1n) is 7.23. The van der Waals surface area contributed by atoms with Crippen molar-refractivity contribution in [1.29, 1.82) is 0 Å². The maximum atomic E-state index is 11.3. The van der Waals surface area contributed by atoms with Crippen LogP contribution in [-0.4, -0.2) is 41.7 Å². The molecule has 0 spiro atoms. The smallest absolute Gasteiger partial charge is 0.303 e. The van der Waals surface area contributed by atoms with Gasteiger partial charge in [-0.15, -0.1) is 0 Å². The van der Waals surface area contributed by atoms with Crippen molar-refractivity contribution in [3.8, 4) is 0 Å². The van der Waals surface area contributed by atoms with E-state index >= 15 is 0 Å². The summed E-state index contributed by atoms with van der Waals surface area (Å²) in [7, 11) is 0. The van der Waals surface area contributed by atoms with Gasteiger partial charge in [-0.2, -0.15) is 0 Å². The van der Waals surface area contributed by atoms with Gasteiger partial charge in [-0.05, 0) is 5.56 Å². The summed E-state index contributed by atoms with van der Waals surface area (Å²) < 4.78 is 16.1. The molecule has 1 heterocycles. The number of hydrogen-bond acceptors (Lipinski definition) is 7. The summed E-state index contributed by atoms with van der Waals surface area (Å²) in [5, 5.41) is 12.5. The molecule has 0 saturated carbocycles. The van der Waals surface area contributed by atoms with Gasteiger partial charge in [-0.3, -0.25) is 9.59 Å². The molecule has 1 fully saturated rings. The number of hydrogen-bond donors (Lipinski definition) is 1. The minimum atomic E-state index is -0.892. The first-order chi connectivity index (χ1) is 11.0. The average molecular weight is 321 g/mol. The van der Waals surface area contributed by atoms with Crippen LogP contribution >= 0.6 is 0 Å². The Hall–Kier alpha value is -2.41. The van der Waals surface area contributed by atoms with Crippen LogP contribution in [0.2, 0.25) is 0 Å². The van der Waals surface area contributed by atoms with Gasteiger partial charge >= 0.3 is 11.9 Å². The molecule has 3 atom stereocenters. The van der Waals surface area contributed by atoms with Crippen molar-refractivity contribution in [2.45, 2.75) is 38.6 Å². The fourth-order valence-electron chi connectivity index (χ4n) is 2.46. The summed E-state index contributed by atoms with van der Waals surface area (Å²) in [6.45, 7) is 2.43. The zero-order chi connectivity index (χ0) is 16.8. The highest BCUT2D eigenvalue weighted by Crippen LogP contribution is 2.31. The molecule has 0 aliphatic carbocycles. The van der Waals surface area contributed by atoms with E-state index < -0.39 is 24.1 Å². The van der Waals surface area contributed by atoms with Crippen molar-refractivity contribution < 1.29 is 29.0 Å². The van der Waals surface area contributed by atoms with E-state index in [1.165, 1.54) is 13.8 Å². The molecular weight excluding hydrogens is 302 g/mol. The molecule has 1 saturated heterocycles. The van der Waals surface area contributed by atoms with E-state index in [1.54, 1.807) is 0 Å². The summed E-state index contributed by atoms with van der Waals surface area (Å²) in [6, 6.07) is 9.39. The van der Waals surface area contributed by atoms with Crippen LogP contribution < -0.4 is 0 Å². The van der Waals surface area contributed by atoms with E-state index in [9.17, 15) is 14.8 Å². The number of carbonyl (C=O) groups is 2. The molecule has 0 radical (unpaired) electrons. The monoisotopic (exact) mass is 321 g/mol. The van der Waals surface area contributed by atoms with E-state index in [0.717, 1.165) is 5.56 Å². The Morgan fingerprint density at radius 3 is 2.52 bits per heavy atom. The average Bonchev–Trinajstić information content (AvgIpc) is 2.53. The molecule has 0 aromatic heterocycles. The summed E-state index contributed by atoms with van der Waals surface area (Å²) in [6.07, 6.45) is -1.74. The lowest BCUT2D eigenvalue weighted by atomic mass is 9.94. The Morgan fingerprint density at radius 1 is 1.26 bits per heavy atom. The van der Waals surface area contributed by atoms with E-state index in [2.05, 4.69) is 5.16 Å². The highest BCUT2D eigenvalue weighted by Gasteiger charge is 2.40.